The minimum Gasteiger partial charge on any atom is -0.492 e. The molecule has 0 amide bonds. The second kappa shape index (κ2) is 5.67. The maximum atomic E-state index is 13.2. The van der Waals surface area contributed by atoms with Crippen molar-refractivity contribution in [2.24, 2.45) is 5.73 Å². The zero-order valence-corrected chi connectivity index (χ0v) is 11.0. The van der Waals surface area contributed by atoms with E-state index in [4.69, 9.17) is 10.5 Å². The van der Waals surface area contributed by atoms with Gasteiger partial charge in [-0.05, 0) is 45.0 Å². The van der Waals surface area contributed by atoms with Crippen molar-refractivity contribution in [2.45, 2.75) is 31.8 Å². The monoisotopic (exact) mass is 252 g/mol. The summed E-state index contributed by atoms with van der Waals surface area (Å²) in [5, 5.41) is 0. The highest BCUT2D eigenvalue weighted by Gasteiger charge is 2.25. The molecule has 4 heteroatoms. The molecule has 18 heavy (non-hydrogen) atoms. The zero-order valence-electron chi connectivity index (χ0n) is 11.0. The van der Waals surface area contributed by atoms with Gasteiger partial charge >= 0.3 is 0 Å². The fourth-order valence-electron chi connectivity index (χ4n) is 2.00. The molecule has 0 aromatic heterocycles. The summed E-state index contributed by atoms with van der Waals surface area (Å²) in [4.78, 5) is 2.30. The van der Waals surface area contributed by atoms with Gasteiger partial charge in [0.25, 0.3) is 0 Å². The molecule has 1 atom stereocenters. The van der Waals surface area contributed by atoms with E-state index in [1.165, 1.54) is 25.0 Å². The second-order valence-corrected chi connectivity index (χ2v) is 5.03. The second-order valence-electron chi connectivity index (χ2n) is 5.03. The van der Waals surface area contributed by atoms with E-state index in [1.807, 2.05) is 6.92 Å². The SMILES string of the molecule is C[C@H](N)c1cc(F)ccc1OCCN(C)C1CC1. The van der Waals surface area contributed by atoms with Crippen molar-refractivity contribution in [3.05, 3.63) is 29.6 Å². The summed E-state index contributed by atoms with van der Waals surface area (Å²) in [6, 6.07) is 5.02. The lowest BCUT2D eigenvalue weighted by atomic mass is 10.1. The van der Waals surface area contributed by atoms with E-state index < -0.39 is 0 Å². The van der Waals surface area contributed by atoms with Crippen LogP contribution >= 0.6 is 0 Å². The number of likely N-dealkylation sites (N-methyl/N-ethyl adjacent to an activating group) is 1. The number of hydrogen-bond donors (Lipinski definition) is 1. The van der Waals surface area contributed by atoms with Crippen LogP contribution in [0.1, 0.15) is 31.4 Å². The highest BCUT2D eigenvalue weighted by Crippen LogP contribution is 2.26. The van der Waals surface area contributed by atoms with Crippen LogP contribution in [0, 0.1) is 5.82 Å². The third-order valence-corrected chi connectivity index (χ3v) is 3.33. The summed E-state index contributed by atoms with van der Waals surface area (Å²) in [6.07, 6.45) is 2.58. The molecule has 1 aliphatic rings. The smallest absolute Gasteiger partial charge is 0.124 e. The summed E-state index contributed by atoms with van der Waals surface area (Å²) in [5.41, 5.74) is 6.54. The number of nitrogens with two attached hydrogens (primary N) is 1. The molecular formula is C14H21FN2O. The molecule has 1 saturated carbocycles. The van der Waals surface area contributed by atoms with Gasteiger partial charge in [-0.1, -0.05) is 0 Å². The minimum atomic E-state index is -0.273. The van der Waals surface area contributed by atoms with Crippen molar-refractivity contribution < 1.29 is 9.13 Å². The van der Waals surface area contributed by atoms with E-state index in [1.54, 1.807) is 6.07 Å². The molecule has 0 heterocycles. The largest absolute Gasteiger partial charge is 0.492 e. The van der Waals surface area contributed by atoms with Gasteiger partial charge < -0.3 is 15.4 Å². The average molecular weight is 252 g/mol. The number of hydrogen-bond acceptors (Lipinski definition) is 3. The van der Waals surface area contributed by atoms with E-state index in [-0.39, 0.29) is 11.9 Å². The molecule has 0 radical (unpaired) electrons. The van der Waals surface area contributed by atoms with Crippen molar-refractivity contribution in [1.82, 2.24) is 4.90 Å². The summed E-state index contributed by atoms with van der Waals surface area (Å²) in [6.45, 7) is 3.33. The van der Waals surface area contributed by atoms with Gasteiger partial charge in [0, 0.05) is 24.2 Å². The quantitative estimate of drug-likeness (QED) is 0.844. The molecule has 2 rings (SSSR count). The molecule has 0 aliphatic heterocycles. The molecule has 0 spiro atoms. The highest BCUT2D eigenvalue weighted by atomic mass is 19.1. The van der Waals surface area contributed by atoms with Gasteiger partial charge in [-0.25, -0.2) is 4.39 Å². The maximum absolute atomic E-state index is 13.2. The lowest BCUT2D eigenvalue weighted by Crippen LogP contribution is -2.26. The van der Waals surface area contributed by atoms with Gasteiger partial charge in [0.1, 0.15) is 18.2 Å². The van der Waals surface area contributed by atoms with Crippen LogP contribution in [0.2, 0.25) is 0 Å². The van der Waals surface area contributed by atoms with E-state index in [0.29, 0.717) is 12.4 Å². The number of halogens is 1. The predicted molar refractivity (Wildman–Crippen MR) is 70.1 cm³/mol. The van der Waals surface area contributed by atoms with E-state index in [2.05, 4.69) is 11.9 Å². The van der Waals surface area contributed by atoms with Crippen LogP contribution in [0.4, 0.5) is 4.39 Å². The van der Waals surface area contributed by atoms with Crippen LogP contribution in [-0.2, 0) is 0 Å². The maximum Gasteiger partial charge on any atom is 0.124 e. The van der Waals surface area contributed by atoms with E-state index >= 15 is 0 Å². The molecule has 1 aliphatic carbocycles. The van der Waals surface area contributed by atoms with Gasteiger partial charge in [0.15, 0.2) is 0 Å². The van der Waals surface area contributed by atoms with Gasteiger partial charge in [0.2, 0.25) is 0 Å². The average Bonchev–Trinajstić information content (AvgIpc) is 3.14. The topological polar surface area (TPSA) is 38.5 Å². The Balaban J connectivity index is 1.91. The van der Waals surface area contributed by atoms with Crippen molar-refractivity contribution in [1.29, 1.82) is 0 Å². The summed E-state index contributed by atoms with van der Waals surface area (Å²) in [7, 11) is 2.11. The molecule has 3 nitrogen and oxygen atoms in total. The van der Waals surface area contributed by atoms with Crippen LogP contribution in [-0.4, -0.2) is 31.1 Å². The molecule has 2 N–H and O–H groups in total. The van der Waals surface area contributed by atoms with Crippen LogP contribution < -0.4 is 10.5 Å². The van der Waals surface area contributed by atoms with Crippen LogP contribution in [0.3, 0.4) is 0 Å². The summed E-state index contributed by atoms with van der Waals surface area (Å²) >= 11 is 0. The lowest BCUT2D eigenvalue weighted by molar-refractivity contribution is 0.230. The fourth-order valence-corrected chi connectivity index (χ4v) is 2.00. The molecule has 0 saturated heterocycles. The first-order chi connectivity index (χ1) is 8.58. The first-order valence-electron chi connectivity index (χ1n) is 6.46. The Kier molecular flexibility index (Phi) is 4.19. The fraction of sp³-hybridized carbons (Fsp3) is 0.571. The molecule has 1 fully saturated rings. The Hall–Kier alpha value is -1.13. The third kappa shape index (κ3) is 3.43. The van der Waals surface area contributed by atoms with Gasteiger partial charge in [-0.15, -0.1) is 0 Å². The minimum absolute atomic E-state index is 0.225. The molecular weight excluding hydrogens is 231 g/mol. The van der Waals surface area contributed by atoms with Crippen LogP contribution in [0.15, 0.2) is 18.2 Å². The Labute approximate surface area is 108 Å². The summed E-state index contributed by atoms with van der Waals surface area (Å²) in [5.74, 6) is 0.417. The van der Waals surface area contributed by atoms with Crippen molar-refractivity contribution in [3.8, 4) is 5.75 Å². The number of ether oxygens (including phenoxy) is 1. The van der Waals surface area contributed by atoms with Gasteiger partial charge in [-0.3, -0.25) is 0 Å². The van der Waals surface area contributed by atoms with Crippen LogP contribution in [0.5, 0.6) is 5.75 Å². The predicted octanol–water partition coefficient (Wildman–Crippen LogP) is 2.32. The first-order valence-corrected chi connectivity index (χ1v) is 6.46. The Bertz CT molecular complexity index is 405. The molecule has 1 aromatic carbocycles. The zero-order chi connectivity index (χ0) is 13.1. The number of rotatable bonds is 6. The van der Waals surface area contributed by atoms with Crippen molar-refractivity contribution >= 4 is 0 Å². The molecule has 100 valence electrons. The van der Waals surface area contributed by atoms with E-state index in [0.717, 1.165) is 18.2 Å². The van der Waals surface area contributed by atoms with Crippen molar-refractivity contribution in [2.75, 3.05) is 20.2 Å². The lowest BCUT2D eigenvalue weighted by Gasteiger charge is -2.18. The number of nitrogens with zero attached hydrogens (tertiary/aromatic N) is 1. The Morgan fingerprint density at radius 2 is 2.22 bits per heavy atom. The van der Waals surface area contributed by atoms with Crippen LogP contribution in [0.25, 0.3) is 0 Å². The highest BCUT2D eigenvalue weighted by molar-refractivity contribution is 5.36. The molecule has 0 bridgehead atoms. The Morgan fingerprint density at radius 1 is 1.50 bits per heavy atom. The Morgan fingerprint density at radius 3 is 2.83 bits per heavy atom. The standard InChI is InChI=1S/C14H21FN2O/c1-10(16)13-9-11(15)3-6-14(13)18-8-7-17(2)12-4-5-12/h3,6,9-10,12H,4-5,7-8,16H2,1-2H3/t10-/m0/s1. The van der Waals surface area contributed by atoms with Crippen molar-refractivity contribution in [3.63, 3.8) is 0 Å². The number of benzene rings is 1. The molecule has 1 aromatic rings. The normalized spacial score (nSPS) is 16.9. The molecule has 0 unspecified atom stereocenters. The van der Waals surface area contributed by atoms with Gasteiger partial charge in [0.05, 0.1) is 0 Å². The third-order valence-electron chi connectivity index (χ3n) is 3.33. The first kappa shape index (κ1) is 13.3. The van der Waals surface area contributed by atoms with E-state index in [9.17, 15) is 4.39 Å². The van der Waals surface area contributed by atoms with Gasteiger partial charge in [-0.2, -0.15) is 0 Å². The summed E-state index contributed by atoms with van der Waals surface area (Å²) < 4.78 is 18.9.